The van der Waals surface area contributed by atoms with Crippen LogP contribution in [0.5, 0.6) is 11.5 Å². The molecular formula is C25H29N3O4. The van der Waals surface area contributed by atoms with E-state index in [-0.39, 0.29) is 11.9 Å². The van der Waals surface area contributed by atoms with Crippen LogP contribution in [0.25, 0.3) is 11.5 Å². The summed E-state index contributed by atoms with van der Waals surface area (Å²) < 4.78 is 17.0. The highest BCUT2D eigenvalue weighted by Crippen LogP contribution is 2.34. The molecule has 7 nitrogen and oxygen atoms in total. The van der Waals surface area contributed by atoms with E-state index in [0.29, 0.717) is 24.7 Å². The maximum atomic E-state index is 12.9. The molecule has 0 saturated carbocycles. The van der Waals surface area contributed by atoms with Crippen LogP contribution in [-0.2, 0) is 11.3 Å². The van der Waals surface area contributed by atoms with Crippen LogP contribution < -0.4 is 19.7 Å². The number of carbonyl (C=O) groups is 1. The van der Waals surface area contributed by atoms with E-state index in [1.54, 1.807) is 13.4 Å². The summed E-state index contributed by atoms with van der Waals surface area (Å²) in [6, 6.07) is 15.5. The van der Waals surface area contributed by atoms with E-state index in [0.717, 1.165) is 35.5 Å². The van der Waals surface area contributed by atoms with Crippen LogP contribution in [0.4, 0.5) is 5.69 Å². The summed E-state index contributed by atoms with van der Waals surface area (Å²) in [5.74, 6) is 1.94. The lowest BCUT2D eigenvalue weighted by Crippen LogP contribution is -2.51. The van der Waals surface area contributed by atoms with Crippen molar-refractivity contribution in [3.8, 4) is 23.0 Å². The Hall–Kier alpha value is -3.48. The molecule has 4 rings (SSSR count). The van der Waals surface area contributed by atoms with Crippen molar-refractivity contribution in [2.24, 2.45) is 0 Å². The summed E-state index contributed by atoms with van der Waals surface area (Å²) in [6.07, 6.45) is 2.86. The molecule has 1 aromatic heterocycles. The third kappa shape index (κ3) is 4.72. The maximum Gasteiger partial charge on any atom is 0.263 e. The quantitative estimate of drug-likeness (QED) is 0.564. The minimum atomic E-state index is -0.585. The Balaban J connectivity index is 1.52. The number of anilines is 1. The van der Waals surface area contributed by atoms with Crippen LogP contribution in [-0.4, -0.2) is 36.7 Å². The number of ether oxygens (including phenoxy) is 2. The van der Waals surface area contributed by atoms with E-state index < -0.39 is 6.10 Å². The number of oxazole rings is 1. The topological polar surface area (TPSA) is 76.8 Å². The number of para-hydroxylation sites is 2. The monoisotopic (exact) mass is 435 g/mol. The van der Waals surface area contributed by atoms with Gasteiger partial charge >= 0.3 is 0 Å². The predicted octanol–water partition coefficient (Wildman–Crippen LogP) is 4.42. The Morgan fingerprint density at radius 2 is 1.94 bits per heavy atom. The normalized spacial score (nSPS) is 15.2. The van der Waals surface area contributed by atoms with E-state index >= 15 is 0 Å². The molecule has 3 aromatic rings. The third-order valence-corrected chi connectivity index (χ3v) is 5.73. The van der Waals surface area contributed by atoms with Crippen molar-refractivity contribution in [3.63, 3.8) is 0 Å². The summed E-state index contributed by atoms with van der Waals surface area (Å²) in [7, 11) is 1.64. The number of amides is 1. The third-order valence-electron chi connectivity index (χ3n) is 5.73. The number of aromatic nitrogens is 1. The number of nitrogens with one attached hydrogen (secondary N) is 1. The number of benzene rings is 2. The van der Waals surface area contributed by atoms with Crippen molar-refractivity contribution in [3.05, 3.63) is 60.5 Å². The average molecular weight is 436 g/mol. The first-order valence-corrected chi connectivity index (χ1v) is 11.0. The highest BCUT2D eigenvalue weighted by Gasteiger charge is 2.31. The molecule has 1 aliphatic rings. The van der Waals surface area contributed by atoms with Gasteiger partial charge in [0.05, 0.1) is 31.6 Å². The van der Waals surface area contributed by atoms with E-state index in [9.17, 15) is 4.79 Å². The van der Waals surface area contributed by atoms with Gasteiger partial charge in [-0.1, -0.05) is 26.0 Å². The van der Waals surface area contributed by atoms with E-state index in [2.05, 4.69) is 29.0 Å². The number of hydrogen-bond donors (Lipinski definition) is 1. The van der Waals surface area contributed by atoms with Gasteiger partial charge in [-0.25, -0.2) is 4.98 Å². The second-order valence-electron chi connectivity index (χ2n) is 7.85. The van der Waals surface area contributed by atoms with Crippen molar-refractivity contribution < 1.29 is 18.7 Å². The zero-order valence-electron chi connectivity index (χ0n) is 18.7. The molecule has 0 aliphatic carbocycles. The zero-order valence-corrected chi connectivity index (χ0v) is 18.7. The Morgan fingerprint density at radius 3 is 2.66 bits per heavy atom. The van der Waals surface area contributed by atoms with Crippen LogP contribution in [0.15, 0.2) is 59.2 Å². The first-order valence-electron chi connectivity index (χ1n) is 11.0. The highest BCUT2D eigenvalue weighted by atomic mass is 16.5. The summed E-state index contributed by atoms with van der Waals surface area (Å²) in [6.45, 7) is 5.09. The summed E-state index contributed by atoms with van der Waals surface area (Å²) >= 11 is 0. The molecule has 1 N–H and O–H groups in total. The van der Waals surface area contributed by atoms with Gasteiger partial charge in [0, 0.05) is 11.6 Å². The lowest BCUT2D eigenvalue weighted by molar-refractivity contribution is -0.128. The van der Waals surface area contributed by atoms with Crippen LogP contribution in [0, 0.1) is 0 Å². The van der Waals surface area contributed by atoms with E-state index in [1.807, 2.05) is 48.5 Å². The van der Waals surface area contributed by atoms with Gasteiger partial charge in [0.2, 0.25) is 5.89 Å². The van der Waals surface area contributed by atoms with Crippen molar-refractivity contribution >= 4 is 11.6 Å². The second-order valence-corrected chi connectivity index (χ2v) is 7.85. The lowest BCUT2D eigenvalue weighted by atomic mass is 10.1. The Kier molecular flexibility index (Phi) is 6.63. The molecule has 1 atom stereocenters. The SMILES string of the molecule is CCC(CC)NC(=O)C1CN(Cc2coc(-c3ccc(OC)cc3)n2)c2ccccc2O1. The Bertz CT molecular complexity index is 1040. The number of carbonyl (C=O) groups excluding carboxylic acids is 1. The summed E-state index contributed by atoms with van der Waals surface area (Å²) in [5.41, 5.74) is 2.60. The van der Waals surface area contributed by atoms with E-state index in [4.69, 9.17) is 13.9 Å². The van der Waals surface area contributed by atoms with Crippen LogP contribution in [0.3, 0.4) is 0 Å². The molecule has 2 aromatic carbocycles. The van der Waals surface area contributed by atoms with Crippen molar-refractivity contribution in [1.29, 1.82) is 0 Å². The fourth-order valence-corrected chi connectivity index (χ4v) is 3.82. The zero-order chi connectivity index (χ0) is 22.5. The van der Waals surface area contributed by atoms with Gasteiger partial charge in [-0.3, -0.25) is 4.79 Å². The number of methoxy groups -OCH3 is 1. The fourth-order valence-electron chi connectivity index (χ4n) is 3.82. The largest absolute Gasteiger partial charge is 0.497 e. The molecule has 1 unspecified atom stereocenters. The van der Waals surface area contributed by atoms with Gasteiger partial charge in [-0.05, 0) is 49.2 Å². The first-order chi connectivity index (χ1) is 15.6. The minimum absolute atomic E-state index is 0.0859. The molecule has 168 valence electrons. The standard InChI is InChI=1S/C25H29N3O4/c1-4-18(5-2)26-24(29)23-15-28(21-8-6-7-9-22(21)32-23)14-19-16-31-25(27-19)17-10-12-20(30-3)13-11-17/h6-13,16,18,23H,4-5,14-15H2,1-3H3,(H,26,29). The van der Waals surface area contributed by atoms with E-state index in [1.165, 1.54) is 0 Å². The molecule has 0 fully saturated rings. The van der Waals surface area contributed by atoms with Crippen molar-refractivity contribution in [2.75, 3.05) is 18.6 Å². The minimum Gasteiger partial charge on any atom is -0.497 e. The molecule has 0 spiro atoms. The Labute approximate surface area is 188 Å². The van der Waals surface area contributed by atoms with Crippen molar-refractivity contribution in [2.45, 2.75) is 45.4 Å². The molecule has 2 heterocycles. The molecule has 1 aliphatic heterocycles. The second kappa shape index (κ2) is 9.77. The van der Waals surface area contributed by atoms with Crippen LogP contribution >= 0.6 is 0 Å². The molecule has 0 bridgehead atoms. The van der Waals surface area contributed by atoms with Gasteiger partial charge in [0.15, 0.2) is 6.10 Å². The summed E-state index contributed by atoms with van der Waals surface area (Å²) in [4.78, 5) is 19.6. The number of nitrogens with zero attached hydrogens (tertiary/aromatic N) is 2. The van der Waals surface area contributed by atoms with Gasteiger partial charge in [0.1, 0.15) is 17.8 Å². The molecule has 0 radical (unpaired) electrons. The molecule has 0 saturated heterocycles. The molecule has 1 amide bonds. The number of hydrogen-bond acceptors (Lipinski definition) is 6. The van der Waals surface area contributed by atoms with Gasteiger partial charge in [-0.2, -0.15) is 0 Å². The fraction of sp³-hybridized carbons (Fsp3) is 0.360. The van der Waals surface area contributed by atoms with Gasteiger partial charge in [-0.15, -0.1) is 0 Å². The van der Waals surface area contributed by atoms with Gasteiger partial charge in [0.25, 0.3) is 5.91 Å². The first kappa shape index (κ1) is 21.7. The Morgan fingerprint density at radius 1 is 1.19 bits per heavy atom. The smallest absolute Gasteiger partial charge is 0.263 e. The summed E-state index contributed by atoms with van der Waals surface area (Å²) in [5, 5.41) is 3.10. The molecule has 7 heteroatoms. The predicted molar refractivity (Wildman–Crippen MR) is 123 cm³/mol. The molecular weight excluding hydrogens is 406 g/mol. The maximum absolute atomic E-state index is 12.9. The number of fused-ring (bicyclic) bond motifs is 1. The molecule has 32 heavy (non-hydrogen) atoms. The van der Waals surface area contributed by atoms with Crippen LogP contribution in [0.1, 0.15) is 32.4 Å². The lowest BCUT2D eigenvalue weighted by Gasteiger charge is -2.35. The average Bonchev–Trinajstić information content (AvgIpc) is 3.30. The van der Waals surface area contributed by atoms with Gasteiger partial charge < -0.3 is 24.1 Å². The van der Waals surface area contributed by atoms with Crippen LogP contribution in [0.2, 0.25) is 0 Å². The van der Waals surface area contributed by atoms with Crippen molar-refractivity contribution in [1.82, 2.24) is 10.3 Å². The number of rotatable bonds is 8. The highest BCUT2D eigenvalue weighted by molar-refractivity contribution is 5.83.